The molecule has 8 rings (SSSR count). The van der Waals surface area contributed by atoms with Crippen molar-refractivity contribution in [3.05, 3.63) is 151 Å². The van der Waals surface area contributed by atoms with Crippen LogP contribution in [0.5, 0.6) is 0 Å². The number of fused-ring (bicyclic) bond motifs is 3. The van der Waals surface area contributed by atoms with E-state index < -0.39 is 0 Å². The zero-order valence-electron chi connectivity index (χ0n) is 24.6. The maximum Gasteiger partial charge on any atom is 0.182 e. The fourth-order valence-electron chi connectivity index (χ4n) is 5.70. The molecule has 0 bridgehead atoms. The number of rotatable bonds is 5. The number of hydrogen-bond acceptors (Lipinski definition) is 5. The van der Waals surface area contributed by atoms with Gasteiger partial charge in [-0.05, 0) is 35.7 Å². The molecule has 8 aromatic rings. The molecule has 0 amide bonds. The van der Waals surface area contributed by atoms with E-state index in [0.29, 0.717) is 23.2 Å². The van der Waals surface area contributed by atoms with Crippen LogP contribution in [0.4, 0.5) is 0 Å². The summed E-state index contributed by atoms with van der Waals surface area (Å²) in [5, 5.41) is 2.09. The van der Waals surface area contributed by atoms with Crippen molar-refractivity contribution < 1.29 is 0 Å². The Morgan fingerprint density at radius 1 is 0.356 bits per heavy atom. The van der Waals surface area contributed by atoms with E-state index in [0.717, 1.165) is 60.9 Å². The van der Waals surface area contributed by atoms with E-state index in [-0.39, 0.29) is 0 Å². The molecule has 0 saturated heterocycles. The van der Waals surface area contributed by atoms with Crippen LogP contribution in [0.2, 0.25) is 0 Å². The molecule has 0 aliphatic rings. The number of aromatic nitrogens is 5. The maximum atomic E-state index is 5.18. The molecule has 0 radical (unpaired) electrons. The van der Waals surface area contributed by atoms with Crippen LogP contribution in [0.3, 0.4) is 0 Å². The Labute approximate surface area is 261 Å². The zero-order chi connectivity index (χ0) is 30.2. The van der Waals surface area contributed by atoms with Gasteiger partial charge in [-0.3, -0.25) is 0 Å². The van der Waals surface area contributed by atoms with Crippen LogP contribution >= 0.6 is 0 Å². The molecular formula is C40H27N5. The summed E-state index contributed by atoms with van der Waals surface area (Å²) in [6.07, 6.45) is 0. The summed E-state index contributed by atoms with van der Waals surface area (Å²) in [4.78, 5) is 25.1. The van der Waals surface area contributed by atoms with Gasteiger partial charge in [0, 0.05) is 27.5 Å². The van der Waals surface area contributed by atoms with E-state index in [1.165, 1.54) is 0 Å². The molecule has 0 N–H and O–H groups in total. The van der Waals surface area contributed by atoms with Crippen molar-refractivity contribution in [2.75, 3.05) is 0 Å². The Morgan fingerprint density at radius 2 is 0.844 bits per heavy atom. The second-order valence-corrected chi connectivity index (χ2v) is 11.0. The predicted molar refractivity (Wildman–Crippen MR) is 182 cm³/mol. The van der Waals surface area contributed by atoms with Gasteiger partial charge in [0.05, 0.1) is 16.7 Å². The van der Waals surface area contributed by atoms with E-state index in [1.54, 1.807) is 0 Å². The first kappa shape index (κ1) is 26.5. The number of nitrogens with zero attached hydrogens (tertiary/aromatic N) is 5. The van der Waals surface area contributed by atoms with E-state index in [4.69, 9.17) is 24.9 Å². The molecule has 5 aromatic carbocycles. The van der Waals surface area contributed by atoms with E-state index >= 15 is 0 Å². The fraction of sp³-hybridized carbons (Fsp3) is 0.0250. The summed E-state index contributed by atoms with van der Waals surface area (Å²) in [6.45, 7) is 2.10. The van der Waals surface area contributed by atoms with Crippen molar-refractivity contribution in [1.82, 2.24) is 24.9 Å². The summed E-state index contributed by atoms with van der Waals surface area (Å²) < 4.78 is 0. The molecule has 0 atom stereocenters. The molecule has 0 unspecified atom stereocenters. The van der Waals surface area contributed by atoms with Crippen LogP contribution in [-0.4, -0.2) is 24.9 Å². The van der Waals surface area contributed by atoms with E-state index in [1.807, 2.05) is 66.7 Å². The lowest BCUT2D eigenvalue weighted by molar-refractivity contribution is 1.06. The molecule has 5 nitrogen and oxygen atoms in total. The lowest BCUT2D eigenvalue weighted by Crippen LogP contribution is -2.02. The Kier molecular flexibility index (Phi) is 6.61. The van der Waals surface area contributed by atoms with E-state index in [2.05, 4.69) is 85.8 Å². The third-order valence-electron chi connectivity index (χ3n) is 8.06. The van der Waals surface area contributed by atoms with Crippen molar-refractivity contribution in [1.29, 1.82) is 0 Å². The molecule has 45 heavy (non-hydrogen) atoms. The van der Waals surface area contributed by atoms with Crippen LogP contribution in [0, 0.1) is 6.92 Å². The van der Waals surface area contributed by atoms with Gasteiger partial charge in [0.2, 0.25) is 0 Å². The lowest BCUT2D eigenvalue weighted by Gasteiger charge is -2.12. The van der Waals surface area contributed by atoms with Gasteiger partial charge in [-0.2, -0.15) is 0 Å². The first-order valence-corrected chi connectivity index (χ1v) is 14.9. The van der Waals surface area contributed by atoms with Crippen LogP contribution in [0.1, 0.15) is 5.56 Å². The highest BCUT2D eigenvalue weighted by atomic mass is 15.0. The second kappa shape index (κ2) is 11.2. The van der Waals surface area contributed by atoms with Gasteiger partial charge >= 0.3 is 0 Å². The molecular weight excluding hydrogens is 550 g/mol. The number of benzene rings is 5. The Morgan fingerprint density at radius 3 is 1.51 bits per heavy atom. The average Bonchev–Trinajstić information content (AvgIpc) is 3.12. The summed E-state index contributed by atoms with van der Waals surface area (Å²) in [6, 6.07) is 49.4. The van der Waals surface area contributed by atoms with E-state index in [9.17, 15) is 0 Å². The lowest BCUT2D eigenvalue weighted by atomic mass is 10.0. The van der Waals surface area contributed by atoms with Crippen LogP contribution in [0.15, 0.2) is 146 Å². The summed E-state index contributed by atoms with van der Waals surface area (Å²) in [7, 11) is 0. The smallest absolute Gasteiger partial charge is 0.182 e. The van der Waals surface area contributed by atoms with Crippen LogP contribution in [0.25, 0.3) is 78.5 Å². The van der Waals surface area contributed by atoms with Crippen molar-refractivity contribution in [2.24, 2.45) is 0 Å². The molecule has 0 aliphatic heterocycles. The van der Waals surface area contributed by atoms with Gasteiger partial charge in [-0.1, -0.05) is 133 Å². The third kappa shape index (κ3) is 5.11. The highest BCUT2D eigenvalue weighted by Gasteiger charge is 2.16. The van der Waals surface area contributed by atoms with Gasteiger partial charge in [0.25, 0.3) is 0 Å². The largest absolute Gasteiger partial charge is 0.245 e. The first-order chi connectivity index (χ1) is 22.2. The summed E-state index contributed by atoms with van der Waals surface area (Å²) in [5.74, 6) is 1.72. The normalized spacial score (nSPS) is 11.2. The Hall–Kier alpha value is -6.07. The molecule has 0 spiro atoms. The highest BCUT2D eigenvalue weighted by Crippen LogP contribution is 2.32. The van der Waals surface area contributed by atoms with Gasteiger partial charge in [0.1, 0.15) is 5.69 Å². The summed E-state index contributed by atoms with van der Waals surface area (Å²) in [5.41, 5.74) is 9.55. The zero-order valence-corrected chi connectivity index (χ0v) is 24.6. The molecule has 5 heteroatoms. The first-order valence-electron chi connectivity index (χ1n) is 14.9. The second-order valence-electron chi connectivity index (χ2n) is 11.0. The van der Waals surface area contributed by atoms with Crippen LogP contribution < -0.4 is 0 Å². The minimum absolute atomic E-state index is 0.521. The van der Waals surface area contributed by atoms with Crippen LogP contribution in [-0.2, 0) is 0 Å². The SMILES string of the molecule is Cc1cc(-c2nc(-c3ccccc3)nc(-c3ccc(-c4ccccc4)cc3)n2)nc2c1ccc1ccc(-c3ccccc3)nc12. The molecule has 0 saturated carbocycles. The van der Waals surface area contributed by atoms with Gasteiger partial charge in [-0.15, -0.1) is 0 Å². The molecule has 3 heterocycles. The molecule has 0 aliphatic carbocycles. The monoisotopic (exact) mass is 577 g/mol. The predicted octanol–water partition coefficient (Wildman–Crippen LogP) is 9.61. The third-order valence-corrected chi connectivity index (χ3v) is 8.06. The minimum Gasteiger partial charge on any atom is -0.245 e. The topological polar surface area (TPSA) is 64.5 Å². The Balaban J connectivity index is 1.30. The molecule has 212 valence electrons. The number of pyridine rings is 2. The number of hydrogen-bond donors (Lipinski definition) is 0. The van der Waals surface area contributed by atoms with Gasteiger partial charge in [0.15, 0.2) is 17.5 Å². The maximum absolute atomic E-state index is 5.18. The quantitative estimate of drug-likeness (QED) is 0.191. The Bertz CT molecular complexity index is 2300. The highest BCUT2D eigenvalue weighted by molar-refractivity contribution is 6.05. The minimum atomic E-state index is 0.521. The van der Waals surface area contributed by atoms with Gasteiger partial charge in [-0.25, -0.2) is 24.9 Å². The average molecular weight is 578 g/mol. The number of aryl methyl sites for hydroxylation is 1. The molecule has 0 fully saturated rings. The standard InChI is InChI=1S/C40H27N5/c1-26-25-35(42-37-33(26)23-21-30-22-24-34(41-36(30)37)29-13-7-3-8-14-29)40-44-38(31-15-9-4-10-16-31)43-39(45-40)32-19-17-28(18-20-32)27-11-5-2-6-12-27/h2-25H,1H3. The van der Waals surface area contributed by atoms with Crippen molar-refractivity contribution >= 4 is 21.8 Å². The van der Waals surface area contributed by atoms with Crippen molar-refractivity contribution in [2.45, 2.75) is 6.92 Å². The van der Waals surface area contributed by atoms with Crippen molar-refractivity contribution in [3.63, 3.8) is 0 Å². The van der Waals surface area contributed by atoms with Gasteiger partial charge < -0.3 is 0 Å². The fourth-order valence-corrected chi connectivity index (χ4v) is 5.70. The molecule has 3 aromatic heterocycles. The summed E-state index contributed by atoms with van der Waals surface area (Å²) >= 11 is 0. The van der Waals surface area contributed by atoms with Crippen molar-refractivity contribution in [3.8, 4) is 56.7 Å².